The molecule has 0 aliphatic rings. The molecule has 0 saturated carbocycles. The molecule has 0 aliphatic carbocycles. The molecule has 3 nitrogen and oxygen atoms in total. The summed E-state index contributed by atoms with van der Waals surface area (Å²) in [5.41, 5.74) is 0. The van der Waals surface area contributed by atoms with E-state index < -0.39 is 0 Å². The van der Waals surface area contributed by atoms with Crippen LogP contribution >= 0.6 is 0 Å². The lowest BCUT2D eigenvalue weighted by Gasteiger charge is -2.13. The smallest absolute Gasteiger partial charge is 0.148 e. The van der Waals surface area contributed by atoms with Crippen molar-refractivity contribution < 1.29 is 0 Å². The van der Waals surface area contributed by atoms with Gasteiger partial charge < -0.3 is 5.32 Å². The first-order chi connectivity index (χ1) is 6.36. The number of nitrogens with zero attached hydrogens (tertiary/aromatic N) is 2. The van der Waals surface area contributed by atoms with E-state index in [9.17, 15) is 0 Å². The SMILES string of the molecule is C#CCC(CC)Nc1cccnn1. The standard InChI is InChI=1S/C10H13N3/c1-3-6-9(4-2)12-10-7-5-8-11-13-10/h1,5,7-9H,4,6H2,2H3,(H,12,13). The summed E-state index contributed by atoms with van der Waals surface area (Å²) >= 11 is 0. The van der Waals surface area contributed by atoms with Crippen molar-refractivity contribution in [2.45, 2.75) is 25.8 Å². The van der Waals surface area contributed by atoms with Gasteiger partial charge in [-0.05, 0) is 18.6 Å². The maximum Gasteiger partial charge on any atom is 0.148 e. The highest BCUT2D eigenvalue weighted by Crippen LogP contribution is 2.06. The minimum Gasteiger partial charge on any atom is -0.365 e. The summed E-state index contributed by atoms with van der Waals surface area (Å²) in [5.74, 6) is 3.41. The molecule has 0 fully saturated rings. The summed E-state index contributed by atoms with van der Waals surface area (Å²) in [6.45, 7) is 2.09. The molecule has 0 radical (unpaired) electrons. The van der Waals surface area contributed by atoms with Crippen molar-refractivity contribution in [3.05, 3.63) is 18.3 Å². The van der Waals surface area contributed by atoms with Gasteiger partial charge in [0.2, 0.25) is 0 Å². The molecular weight excluding hydrogens is 162 g/mol. The molecule has 1 aromatic rings. The molecule has 1 atom stereocenters. The van der Waals surface area contributed by atoms with Gasteiger partial charge in [0, 0.05) is 18.7 Å². The van der Waals surface area contributed by atoms with Crippen LogP contribution in [0.2, 0.25) is 0 Å². The van der Waals surface area contributed by atoms with Gasteiger partial charge >= 0.3 is 0 Å². The Morgan fingerprint density at radius 1 is 1.69 bits per heavy atom. The lowest BCUT2D eigenvalue weighted by atomic mass is 10.1. The van der Waals surface area contributed by atoms with Crippen LogP contribution in [0.1, 0.15) is 19.8 Å². The van der Waals surface area contributed by atoms with E-state index in [-0.39, 0.29) is 0 Å². The van der Waals surface area contributed by atoms with Crippen LogP contribution in [0.15, 0.2) is 18.3 Å². The first-order valence-corrected chi connectivity index (χ1v) is 4.34. The largest absolute Gasteiger partial charge is 0.365 e. The predicted octanol–water partition coefficient (Wildman–Crippen LogP) is 1.69. The normalized spacial score (nSPS) is 11.7. The number of anilines is 1. The fourth-order valence-corrected chi connectivity index (χ4v) is 1.03. The van der Waals surface area contributed by atoms with Gasteiger partial charge in [0.05, 0.1) is 0 Å². The zero-order chi connectivity index (χ0) is 9.52. The fourth-order valence-electron chi connectivity index (χ4n) is 1.03. The Kier molecular flexibility index (Phi) is 3.77. The molecule has 0 bridgehead atoms. The van der Waals surface area contributed by atoms with Gasteiger partial charge in [-0.1, -0.05) is 6.92 Å². The van der Waals surface area contributed by atoms with Crippen LogP contribution in [0, 0.1) is 12.3 Å². The minimum absolute atomic E-state index is 0.293. The molecule has 1 unspecified atom stereocenters. The van der Waals surface area contributed by atoms with Crippen LogP contribution in [0.5, 0.6) is 0 Å². The van der Waals surface area contributed by atoms with E-state index >= 15 is 0 Å². The molecular formula is C10H13N3. The van der Waals surface area contributed by atoms with Gasteiger partial charge in [0.1, 0.15) is 5.82 Å². The highest BCUT2D eigenvalue weighted by molar-refractivity contribution is 5.33. The Morgan fingerprint density at radius 3 is 3.08 bits per heavy atom. The number of nitrogens with one attached hydrogen (secondary N) is 1. The molecule has 0 aliphatic heterocycles. The van der Waals surface area contributed by atoms with Gasteiger partial charge in [0.15, 0.2) is 0 Å². The molecule has 0 aromatic carbocycles. The molecule has 1 rings (SSSR count). The van der Waals surface area contributed by atoms with Gasteiger partial charge in [-0.25, -0.2) is 0 Å². The van der Waals surface area contributed by atoms with Crippen molar-refractivity contribution in [3.63, 3.8) is 0 Å². The van der Waals surface area contributed by atoms with E-state index in [0.29, 0.717) is 12.5 Å². The summed E-state index contributed by atoms with van der Waals surface area (Å²) in [7, 11) is 0. The Labute approximate surface area is 78.6 Å². The number of rotatable bonds is 4. The van der Waals surface area contributed by atoms with E-state index in [1.54, 1.807) is 6.20 Å². The van der Waals surface area contributed by atoms with Gasteiger partial charge in [-0.2, -0.15) is 5.10 Å². The van der Waals surface area contributed by atoms with Gasteiger partial charge in [-0.15, -0.1) is 17.4 Å². The van der Waals surface area contributed by atoms with Gasteiger partial charge in [0.25, 0.3) is 0 Å². The molecule has 68 valence electrons. The molecule has 1 heterocycles. The zero-order valence-corrected chi connectivity index (χ0v) is 7.70. The monoisotopic (exact) mass is 175 g/mol. The topological polar surface area (TPSA) is 37.8 Å². The average molecular weight is 175 g/mol. The summed E-state index contributed by atoms with van der Waals surface area (Å²) < 4.78 is 0. The quantitative estimate of drug-likeness (QED) is 0.708. The third-order valence-corrected chi connectivity index (χ3v) is 1.78. The van der Waals surface area contributed by atoms with Crippen LogP contribution in [0.4, 0.5) is 5.82 Å². The molecule has 13 heavy (non-hydrogen) atoms. The average Bonchev–Trinajstić information content (AvgIpc) is 2.19. The van der Waals surface area contributed by atoms with Crippen molar-refractivity contribution in [2.24, 2.45) is 0 Å². The van der Waals surface area contributed by atoms with Gasteiger partial charge in [-0.3, -0.25) is 0 Å². The van der Waals surface area contributed by atoms with Crippen LogP contribution < -0.4 is 5.32 Å². The summed E-state index contributed by atoms with van der Waals surface area (Å²) in [5, 5.41) is 10.9. The van der Waals surface area contributed by atoms with Crippen LogP contribution in [-0.2, 0) is 0 Å². The molecule has 1 aromatic heterocycles. The first kappa shape index (κ1) is 9.53. The number of terminal acetylenes is 1. The maximum absolute atomic E-state index is 5.23. The second kappa shape index (κ2) is 5.15. The van der Waals surface area contributed by atoms with E-state index in [1.807, 2.05) is 12.1 Å². The van der Waals surface area contributed by atoms with Crippen molar-refractivity contribution >= 4 is 5.82 Å². The summed E-state index contributed by atoms with van der Waals surface area (Å²) in [4.78, 5) is 0. The van der Waals surface area contributed by atoms with E-state index in [1.165, 1.54) is 0 Å². The van der Waals surface area contributed by atoms with E-state index in [4.69, 9.17) is 6.42 Å². The van der Waals surface area contributed by atoms with Crippen LogP contribution in [-0.4, -0.2) is 16.2 Å². The Balaban J connectivity index is 2.53. The molecule has 0 amide bonds. The number of hydrogen-bond acceptors (Lipinski definition) is 3. The lowest BCUT2D eigenvalue weighted by molar-refractivity contribution is 0.708. The van der Waals surface area contributed by atoms with Crippen molar-refractivity contribution in [1.82, 2.24) is 10.2 Å². The highest BCUT2D eigenvalue weighted by Gasteiger charge is 2.03. The second-order valence-corrected chi connectivity index (χ2v) is 2.77. The summed E-state index contributed by atoms with van der Waals surface area (Å²) in [6, 6.07) is 4.02. The number of aromatic nitrogens is 2. The van der Waals surface area contributed by atoms with Crippen molar-refractivity contribution in [3.8, 4) is 12.3 Å². The maximum atomic E-state index is 5.23. The Bertz CT molecular complexity index is 276. The molecule has 3 heteroatoms. The third-order valence-electron chi connectivity index (χ3n) is 1.78. The van der Waals surface area contributed by atoms with E-state index in [0.717, 1.165) is 12.2 Å². The molecule has 0 spiro atoms. The van der Waals surface area contributed by atoms with Crippen molar-refractivity contribution in [1.29, 1.82) is 0 Å². The summed E-state index contributed by atoms with van der Waals surface area (Å²) in [6.07, 6.45) is 8.58. The predicted molar refractivity (Wildman–Crippen MR) is 53.2 cm³/mol. The molecule has 0 saturated heterocycles. The van der Waals surface area contributed by atoms with E-state index in [2.05, 4.69) is 28.4 Å². The third kappa shape index (κ3) is 3.12. The first-order valence-electron chi connectivity index (χ1n) is 4.34. The van der Waals surface area contributed by atoms with Crippen LogP contribution in [0.3, 0.4) is 0 Å². The minimum atomic E-state index is 0.293. The Morgan fingerprint density at radius 2 is 2.54 bits per heavy atom. The zero-order valence-electron chi connectivity index (χ0n) is 7.70. The highest BCUT2D eigenvalue weighted by atomic mass is 15.2. The van der Waals surface area contributed by atoms with Crippen molar-refractivity contribution in [2.75, 3.05) is 5.32 Å². The second-order valence-electron chi connectivity index (χ2n) is 2.77. The molecule has 1 N–H and O–H groups in total. The fraction of sp³-hybridized carbons (Fsp3) is 0.400. The van der Waals surface area contributed by atoms with Crippen LogP contribution in [0.25, 0.3) is 0 Å². The lowest BCUT2D eigenvalue weighted by Crippen LogP contribution is -2.18. The Hall–Kier alpha value is -1.56. The number of hydrogen-bond donors (Lipinski definition) is 1.